The maximum absolute atomic E-state index is 11.0. The molecule has 2 aromatic rings. The first-order valence-corrected chi connectivity index (χ1v) is 7.47. The van der Waals surface area contributed by atoms with Crippen molar-refractivity contribution < 1.29 is 14.8 Å². The van der Waals surface area contributed by atoms with E-state index in [0.29, 0.717) is 17.3 Å². The number of benzene rings is 2. The second-order valence-corrected chi connectivity index (χ2v) is 5.24. The summed E-state index contributed by atoms with van der Waals surface area (Å²) >= 11 is 5.86. The number of rotatable bonds is 7. The number of anilines is 1. The van der Waals surface area contributed by atoms with Crippen LogP contribution in [0.25, 0.3) is 0 Å². The van der Waals surface area contributed by atoms with Gasteiger partial charge in [-0.05, 0) is 30.7 Å². The molecule has 2 aromatic carbocycles. The fourth-order valence-corrected chi connectivity index (χ4v) is 2.28. The molecule has 0 bridgehead atoms. The van der Waals surface area contributed by atoms with Crippen LogP contribution in [0.3, 0.4) is 0 Å². The Labute approximate surface area is 138 Å². The molecule has 0 heterocycles. The lowest BCUT2D eigenvalue weighted by molar-refractivity contribution is -0.385. The molecule has 0 saturated heterocycles. The monoisotopic (exact) mass is 336 g/mol. The van der Waals surface area contributed by atoms with E-state index in [1.54, 1.807) is 31.2 Å². The van der Waals surface area contributed by atoms with Gasteiger partial charge in [0.2, 0.25) is 0 Å². The summed E-state index contributed by atoms with van der Waals surface area (Å²) in [4.78, 5) is 10.5. The molecular formula is C16H17ClN2O4. The van der Waals surface area contributed by atoms with E-state index in [9.17, 15) is 15.2 Å². The molecule has 0 spiro atoms. The molecule has 122 valence electrons. The Morgan fingerprint density at radius 1 is 1.30 bits per heavy atom. The molecule has 0 amide bonds. The maximum Gasteiger partial charge on any atom is 0.311 e. The average Bonchev–Trinajstić information content (AvgIpc) is 2.54. The quantitative estimate of drug-likeness (QED) is 0.593. The normalized spacial score (nSPS) is 11.8. The molecule has 0 fully saturated rings. The highest BCUT2D eigenvalue weighted by Gasteiger charge is 2.17. The maximum atomic E-state index is 11.0. The SMILES string of the molecule is CCOc1cc(NC(CO)c2ccc(Cl)cc2)ccc1[N+](=O)[O-]. The van der Waals surface area contributed by atoms with Gasteiger partial charge in [-0.1, -0.05) is 23.7 Å². The van der Waals surface area contributed by atoms with Gasteiger partial charge in [0.25, 0.3) is 0 Å². The van der Waals surface area contributed by atoms with Crippen LogP contribution in [0.1, 0.15) is 18.5 Å². The highest BCUT2D eigenvalue weighted by Crippen LogP contribution is 2.31. The van der Waals surface area contributed by atoms with Crippen LogP contribution in [-0.4, -0.2) is 23.2 Å². The smallest absolute Gasteiger partial charge is 0.311 e. The summed E-state index contributed by atoms with van der Waals surface area (Å²) in [6, 6.07) is 11.3. The predicted molar refractivity (Wildman–Crippen MR) is 89.2 cm³/mol. The molecule has 0 aliphatic carbocycles. The van der Waals surface area contributed by atoms with E-state index in [1.165, 1.54) is 6.07 Å². The van der Waals surface area contributed by atoms with Gasteiger partial charge in [-0.15, -0.1) is 0 Å². The second kappa shape index (κ2) is 7.80. The van der Waals surface area contributed by atoms with Crippen LogP contribution in [0.5, 0.6) is 5.75 Å². The van der Waals surface area contributed by atoms with Crippen molar-refractivity contribution in [3.05, 3.63) is 63.2 Å². The van der Waals surface area contributed by atoms with Gasteiger partial charge in [-0.3, -0.25) is 10.1 Å². The van der Waals surface area contributed by atoms with Gasteiger partial charge in [0.1, 0.15) is 0 Å². The zero-order chi connectivity index (χ0) is 16.8. The zero-order valence-corrected chi connectivity index (χ0v) is 13.3. The summed E-state index contributed by atoms with van der Waals surface area (Å²) in [5, 5.41) is 24.3. The molecule has 0 aromatic heterocycles. The average molecular weight is 337 g/mol. The van der Waals surface area contributed by atoms with Gasteiger partial charge in [0, 0.05) is 22.8 Å². The van der Waals surface area contributed by atoms with Crippen LogP contribution >= 0.6 is 11.6 Å². The topological polar surface area (TPSA) is 84.6 Å². The van der Waals surface area contributed by atoms with Crippen molar-refractivity contribution in [3.63, 3.8) is 0 Å². The molecule has 23 heavy (non-hydrogen) atoms. The van der Waals surface area contributed by atoms with E-state index >= 15 is 0 Å². The number of nitrogens with one attached hydrogen (secondary N) is 1. The van der Waals surface area contributed by atoms with Crippen molar-refractivity contribution in [2.24, 2.45) is 0 Å². The predicted octanol–water partition coefficient (Wildman–Crippen LogP) is 3.79. The summed E-state index contributed by atoms with van der Waals surface area (Å²) in [5.41, 5.74) is 1.38. The van der Waals surface area contributed by atoms with Crippen molar-refractivity contribution in [1.29, 1.82) is 0 Å². The summed E-state index contributed by atoms with van der Waals surface area (Å²) in [6.07, 6.45) is 0. The fraction of sp³-hybridized carbons (Fsp3) is 0.250. The Morgan fingerprint density at radius 3 is 2.57 bits per heavy atom. The number of nitrogens with zero attached hydrogens (tertiary/aromatic N) is 1. The summed E-state index contributed by atoms with van der Waals surface area (Å²) in [7, 11) is 0. The number of aliphatic hydroxyl groups is 1. The largest absolute Gasteiger partial charge is 0.487 e. The lowest BCUT2D eigenvalue weighted by Gasteiger charge is -2.18. The van der Waals surface area contributed by atoms with E-state index < -0.39 is 4.92 Å². The van der Waals surface area contributed by atoms with Gasteiger partial charge in [0.15, 0.2) is 5.75 Å². The highest BCUT2D eigenvalue weighted by molar-refractivity contribution is 6.30. The van der Waals surface area contributed by atoms with Gasteiger partial charge in [-0.2, -0.15) is 0 Å². The van der Waals surface area contributed by atoms with Crippen LogP contribution in [0, 0.1) is 10.1 Å². The molecule has 0 saturated carbocycles. The lowest BCUT2D eigenvalue weighted by Crippen LogP contribution is -2.15. The minimum Gasteiger partial charge on any atom is -0.487 e. The van der Waals surface area contributed by atoms with Crippen molar-refractivity contribution in [2.75, 3.05) is 18.5 Å². The molecule has 0 radical (unpaired) electrons. The Balaban J connectivity index is 2.25. The van der Waals surface area contributed by atoms with Crippen LogP contribution in [0.2, 0.25) is 5.02 Å². The molecule has 2 rings (SSSR count). The molecule has 0 aliphatic rings. The Hall–Kier alpha value is -2.31. The number of hydrogen-bond donors (Lipinski definition) is 2. The summed E-state index contributed by atoms with van der Waals surface area (Å²) in [6.45, 7) is 1.95. The number of halogens is 1. The fourth-order valence-electron chi connectivity index (χ4n) is 2.16. The number of aliphatic hydroxyl groups excluding tert-OH is 1. The summed E-state index contributed by atoms with van der Waals surface area (Å²) in [5.74, 6) is 0.190. The first-order valence-electron chi connectivity index (χ1n) is 7.09. The molecule has 7 heteroatoms. The van der Waals surface area contributed by atoms with Crippen molar-refractivity contribution in [3.8, 4) is 5.75 Å². The van der Waals surface area contributed by atoms with Crippen molar-refractivity contribution in [2.45, 2.75) is 13.0 Å². The second-order valence-electron chi connectivity index (χ2n) is 4.80. The van der Waals surface area contributed by atoms with Gasteiger partial charge >= 0.3 is 5.69 Å². The van der Waals surface area contributed by atoms with E-state index in [2.05, 4.69) is 5.32 Å². The van der Waals surface area contributed by atoms with Gasteiger partial charge < -0.3 is 15.2 Å². The van der Waals surface area contributed by atoms with Crippen LogP contribution in [-0.2, 0) is 0 Å². The Morgan fingerprint density at radius 2 is 2.00 bits per heavy atom. The van der Waals surface area contributed by atoms with Crippen LogP contribution in [0.15, 0.2) is 42.5 Å². The first kappa shape index (κ1) is 17.1. The van der Waals surface area contributed by atoms with Gasteiger partial charge in [0.05, 0.1) is 24.2 Å². The van der Waals surface area contributed by atoms with Crippen molar-refractivity contribution in [1.82, 2.24) is 0 Å². The third-order valence-corrected chi connectivity index (χ3v) is 3.50. The van der Waals surface area contributed by atoms with E-state index in [0.717, 1.165) is 5.56 Å². The molecular weight excluding hydrogens is 320 g/mol. The minimum absolute atomic E-state index is 0.0931. The highest BCUT2D eigenvalue weighted by atomic mass is 35.5. The molecule has 1 atom stereocenters. The Bertz CT molecular complexity index is 676. The lowest BCUT2D eigenvalue weighted by atomic mass is 10.1. The van der Waals surface area contributed by atoms with Gasteiger partial charge in [-0.25, -0.2) is 0 Å². The standard InChI is InChI=1S/C16H17ClN2O4/c1-2-23-16-9-13(7-8-15(16)19(21)22)18-14(10-20)11-3-5-12(17)6-4-11/h3-9,14,18,20H,2,10H2,1H3. The molecule has 2 N–H and O–H groups in total. The van der Waals surface area contributed by atoms with Crippen LogP contribution < -0.4 is 10.1 Å². The zero-order valence-electron chi connectivity index (χ0n) is 12.5. The third-order valence-electron chi connectivity index (χ3n) is 3.25. The minimum atomic E-state index is -0.489. The van der Waals surface area contributed by atoms with E-state index in [1.807, 2.05) is 12.1 Å². The third kappa shape index (κ3) is 4.34. The number of hydrogen-bond acceptors (Lipinski definition) is 5. The Kier molecular flexibility index (Phi) is 5.78. The molecule has 6 nitrogen and oxygen atoms in total. The van der Waals surface area contributed by atoms with Crippen LogP contribution in [0.4, 0.5) is 11.4 Å². The number of nitro benzene ring substituents is 1. The van der Waals surface area contributed by atoms with E-state index in [-0.39, 0.29) is 24.1 Å². The summed E-state index contributed by atoms with van der Waals surface area (Å²) < 4.78 is 5.31. The number of nitro groups is 1. The molecule has 1 unspecified atom stereocenters. The van der Waals surface area contributed by atoms with Crippen molar-refractivity contribution >= 4 is 23.0 Å². The molecule has 0 aliphatic heterocycles. The first-order chi connectivity index (χ1) is 11.0. The number of ether oxygens (including phenoxy) is 1. The van der Waals surface area contributed by atoms with E-state index in [4.69, 9.17) is 16.3 Å².